The number of aliphatic hydroxyl groups is 1. The summed E-state index contributed by atoms with van der Waals surface area (Å²) in [7, 11) is 0. The van der Waals surface area contributed by atoms with Gasteiger partial charge in [0.25, 0.3) is 0 Å². The minimum absolute atomic E-state index is 0.101. The van der Waals surface area contributed by atoms with Gasteiger partial charge >= 0.3 is 0 Å². The summed E-state index contributed by atoms with van der Waals surface area (Å²) >= 11 is 0. The molecule has 3 nitrogen and oxygen atoms in total. The number of rotatable bonds is 4. The second-order valence-corrected chi connectivity index (χ2v) is 5.90. The third-order valence-corrected chi connectivity index (χ3v) is 4.47. The molecule has 2 N–H and O–H groups in total. The van der Waals surface area contributed by atoms with Crippen molar-refractivity contribution >= 4 is 5.91 Å². The van der Waals surface area contributed by atoms with Gasteiger partial charge in [0.05, 0.1) is 12.1 Å². The fourth-order valence-corrected chi connectivity index (χ4v) is 3.37. The van der Waals surface area contributed by atoms with E-state index < -0.39 is 0 Å². The maximum Gasteiger partial charge on any atom is 0.220 e. The van der Waals surface area contributed by atoms with Crippen molar-refractivity contribution in [3.05, 3.63) is 0 Å². The zero-order valence-electron chi connectivity index (χ0n) is 10.7. The van der Waals surface area contributed by atoms with Crippen LogP contribution in [0.5, 0.6) is 0 Å². The molecule has 0 atom stereocenters. The molecule has 2 fully saturated rings. The molecule has 1 amide bonds. The van der Waals surface area contributed by atoms with Gasteiger partial charge in [0, 0.05) is 6.42 Å². The number of hydrogen-bond donors (Lipinski definition) is 2. The Bertz CT molecular complexity index is 253. The van der Waals surface area contributed by atoms with Gasteiger partial charge in [0.2, 0.25) is 5.91 Å². The number of nitrogens with one attached hydrogen (secondary N) is 1. The van der Waals surface area contributed by atoms with Crippen LogP contribution < -0.4 is 5.32 Å². The molecular weight excluding hydrogens is 214 g/mol. The summed E-state index contributed by atoms with van der Waals surface area (Å²) in [4.78, 5) is 12.0. The summed E-state index contributed by atoms with van der Waals surface area (Å²) in [5.74, 6) is 0.752. The van der Waals surface area contributed by atoms with Gasteiger partial charge in [-0.3, -0.25) is 4.79 Å². The van der Waals surface area contributed by atoms with E-state index in [1.807, 2.05) is 0 Å². The first-order valence-corrected chi connectivity index (χ1v) is 7.16. The number of hydrogen-bond acceptors (Lipinski definition) is 2. The summed E-state index contributed by atoms with van der Waals surface area (Å²) in [6.45, 7) is 0.101. The van der Waals surface area contributed by atoms with Crippen molar-refractivity contribution in [3.8, 4) is 0 Å². The molecule has 0 aliphatic heterocycles. The van der Waals surface area contributed by atoms with Gasteiger partial charge < -0.3 is 10.4 Å². The Hall–Kier alpha value is -0.570. The van der Waals surface area contributed by atoms with Crippen LogP contribution in [0.15, 0.2) is 0 Å². The first-order chi connectivity index (χ1) is 8.24. The molecule has 0 unspecified atom stereocenters. The summed E-state index contributed by atoms with van der Waals surface area (Å²) < 4.78 is 0. The highest BCUT2D eigenvalue weighted by Crippen LogP contribution is 2.30. The van der Waals surface area contributed by atoms with Crippen molar-refractivity contribution in [2.75, 3.05) is 6.61 Å². The maximum atomic E-state index is 12.0. The van der Waals surface area contributed by atoms with Gasteiger partial charge in [-0.15, -0.1) is 0 Å². The summed E-state index contributed by atoms with van der Waals surface area (Å²) in [5, 5.41) is 12.7. The van der Waals surface area contributed by atoms with Crippen LogP contribution in [0.2, 0.25) is 0 Å². The Labute approximate surface area is 104 Å². The van der Waals surface area contributed by atoms with Crippen molar-refractivity contribution in [3.63, 3.8) is 0 Å². The molecule has 2 saturated carbocycles. The summed E-state index contributed by atoms with van der Waals surface area (Å²) in [5.41, 5.74) is -0.298. The first-order valence-electron chi connectivity index (χ1n) is 7.16. The lowest BCUT2D eigenvalue weighted by molar-refractivity contribution is -0.125. The summed E-state index contributed by atoms with van der Waals surface area (Å²) in [6.07, 6.45) is 11.0. The van der Waals surface area contributed by atoms with Crippen LogP contribution in [0.3, 0.4) is 0 Å². The molecule has 0 heterocycles. The Morgan fingerprint density at radius 1 is 1.12 bits per heavy atom. The molecule has 0 aromatic heterocycles. The molecule has 3 heteroatoms. The van der Waals surface area contributed by atoms with Crippen molar-refractivity contribution in [2.45, 2.75) is 69.7 Å². The second-order valence-electron chi connectivity index (χ2n) is 5.90. The van der Waals surface area contributed by atoms with Crippen LogP contribution in [-0.2, 0) is 4.79 Å². The van der Waals surface area contributed by atoms with Crippen LogP contribution in [0.4, 0.5) is 0 Å². The average molecular weight is 239 g/mol. The molecular formula is C14H25NO2. The average Bonchev–Trinajstić information content (AvgIpc) is 2.83. The molecule has 0 bridgehead atoms. The predicted octanol–water partition coefficient (Wildman–Crippen LogP) is 2.38. The van der Waals surface area contributed by atoms with E-state index in [0.717, 1.165) is 25.7 Å². The monoisotopic (exact) mass is 239 g/mol. The lowest BCUT2D eigenvalue weighted by Gasteiger charge is -2.36. The second kappa shape index (κ2) is 5.85. The van der Waals surface area contributed by atoms with Crippen LogP contribution >= 0.6 is 0 Å². The molecule has 0 saturated heterocycles. The van der Waals surface area contributed by atoms with Crippen molar-refractivity contribution < 1.29 is 9.90 Å². The lowest BCUT2D eigenvalue weighted by atomic mass is 9.82. The molecule has 0 aromatic carbocycles. The van der Waals surface area contributed by atoms with Crippen LogP contribution in [0, 0.1) is 5.92 Å². The van der Waals surface area contributed by atoms with Gasteiger partial charge in [-0.2, -0.15) is 0 Å². The Morgan fingerprint density at radius 2 is 1.76 bits per heavy atom. The fourth-order valence-electron chi connectivity index (χ4n) is 3.37. The van der Waals surface area contributed by atoms with E-state index in [-0.39, 0.29) is 18.1 Å². The van der Waals surface area contributed by atoms with Crippen molar-refractivity contribution in [2.24, 2.45) is 5.92 Å². The van der Waals surface area contributed by atoms with E-state index in [4.69, 9.17) is 0 Å². The van der Waals surface area contributed by atoms with Gasteiger partial charge in [-0.05, 0) is 31.6 Å². The molecule has 2 aliphatic rings. The largest absolute Gasteiger partial charge is 0.394 e. The number of carbonyl (C=O) groups excluding carboxylic acids is 1. The van der Waals surface area contributed by atoms with E-state index >= 15 is 0 Å². The minimum atomic E-state index is -0.298. The van der Waals surface area contributed by atoms with E-state index in [1.165, 1.54) is 32.1 Å². The standard InChI is InChI=1S/C14H25NO2/c16-11-14(8-4-1-5-9-14)15-13(17)10-12-6-2-3-7-12/h12,16H,1-11H2,(H,15,17). The van der Waals surface area contributed by atoms with Crippen LogP contribution in [0.1, 0.15) is 64.2 Å². The highest BCUT2D eigenvalue weighted by molar-refractivity contribution is 5.77. The zero-order chi connectivity index (χ0) is 12.1. The predicted molar refractivity (Wildman–Crippen MR) is 67.6 cm³/mol. The van der Waals surface area contributed by atoms with E-state index in [2.05, 4.69) is 5.32 Å². The van der Waals surface area contributed by atoms with E-state index in [0.29, 0.717) is 12.3 Å². The third kappa shape index (κ3) is 3.44. The molecule has 17 heavy (non-hydrogen) atoms. The van der Waals surface area contributed by atoms with Crippen LogP contribution in [-0.4, -0.2) is 23.2 Å². The quantitative estimate of drug-likeness (QED) is 0.791. The summed E-state index contributed by atoms with van der Waals surface area (Å²) in [6, 6.07) is 0. The minimum Gasteiger partial charge on any atom is -0.394 e. The van der Waals surface area contributed by atoms with E-state index in [9.17, 15) is 9.90 Å². The zero-order valence-corrected chi connectivity index (χ0v) is 10.7. The maximum absolute atomic E-state index is 12.0. The third-order valence-electron chi connectivity index (χ3n) is 4.47. The smallest absolute Gasteiger partial charge is 0.220 e. The van der Waals surface area contributed by atoms with Gasteiger partial charge in [0.1, 0.15) is 0 Å². The molecule has 0 spiro atoms. The van der Waals surface area contributed by atoms with Crippen molar-refractivity contribution in [1.82, 2.24) is 5.32 Å². The van der Waals surface area contributed by atoms with Gasteiger partial charge in [0.15, 0.2) is 0 Å². The highest BCUT2D eigenvalue weighted by Gasteiger charge is 2.33. The molecule has 2 aliphatic carbocycles. The Kier molecular flexibility index (Phi) is 4.43. The molecule has 0 aromatic rings. The Balaban J connectivity index is 1.82. The fraction of sp³-hybridized carbons (Fsp3) is 0.929. The normalized spacial score (nSPS) is 24.8. The van der Waals surface area contributed by atoms with E-state index in [1.54, 1.807) is 0 Å². The topological polar surface area (TPSA) is 49.3 Å². The molecule has 0 radical (unpaired) electrons. The van der Waals surface area contributed by atoms with Crippen LogP contribution in [0.25, 0.3) is 0 Å². The Morgan fingerprint density at radius 3 is 2.35 bits per heavy atom. The number of amides is 1. The number of aliphatic hydroxyl groups excluding tert-OH is 1. The molecule has 98 valence electrons. The first kappa shape index (κ1) is 12.9. The lowest BCUT2D eigenvalue weighted by Crippen LogP contribution is -2.52. The molecule has 2 rings (SSSR count). The van der Waals surface area contributed by atoms with Gasteiger partial charge in [-0.1, -0.05) is 32.1 Å². The van der Waals surface area contributed by atoms with Crippen molar-refractivity contribution in [1.29, 1.82) is 0 Å². The van der Waals surface area contributed by atoms with Gasteiger partial charge in [-0.25, -0.2) is 0 Å². The number of carbonyl (C=O) groups is 1. The highest BCUT2D eigenvalue weighted by atomic mass is 16.3. The SMILES string of the molecule is O=C(CC1CCCC1)NC1(CO)CCCCC1.